The Balaban J connectivity index is 1.81. The lowest BCUT2D eigenvalue weighted by atomic mass is 10.1. The summed E-state index contributed by atoms with van der Waals surface area (Å²) < 4.78 is 0. The lowest BCUT2D eigenvalue weighted by molar-refractivity contribution is 0.0572. The molecule has 1 aromatic carbocycles. The van der Waals surface area contributed by atoms with E-state index in [-0.39, 0.29) is 5.91 Å². The molecule has 0 bridgehead atoms. The molecule has 2 aliphatic rings. The molecule has 2 aliphatic heterocycles. The van der Waals surface area contributed by atoms with E-state index >= 15 is 0 Å². The van der Waals surface area contributed by atoms with Gasteiger partial charge < -0.3 is 15.3 Å². The average Bonchev–Trinajstić information content (AvgIpc) is 2.93. The number of rotatable bonds is 1. The zero-order valence-electron chi connectivity index (χ0n) is 10.6. The van der Waals surface area contributed by atoms with Crippen molar-refractivity contribution >= 4 is 5.91 Å². The number of likely N-dealkylation sites (tertiary alicyclic amines) is 1. The number of aliphatic hydroxyl groups is 1. The molecule has 1 fully saturated rings. The molecule has 1 unspecified atom stereocenters. The molecule has 4 heteroatoms. The Hall–Kier alpha value is -1.39. The van der Waals surface area contributed by atoms with Gasteiger partial charge in [0.2, 0.25) is 0 Å². The van der Waals surface area contributed by atoms with Crippen LogP contribution in [0.1, 0.15) is 34.8 Å². The quantitative estimate of drug-likeness (QED) is 0.773. The maximum absolute atomic E-state index is 12.3. The van der Waals surface area contributed by atoms with Crippen molar-refractivity contribution in [3.8, 4) is 0 Å². The first-order valence-corrected chi connectivity index (χ1v) is 6.39. The monoisotopic (exact) mass is 246 g/mol. The van der Waals surface area contributed by atoms with E-state index in [1.54, 1.807) is 11.8 Å². The van der Waals surface area contributed by atoms with Gasteiger partial charge in [-0.3, -0.25) is 4.79 Å². The number of fused-ring (bicyclic) bond motifs is 1. The van der Waals surface area contributed by atoms with E-state index in [0.717, 1.165) is 18.7 Å². The summed E-state index contributed by atoms with van der Waals surface area (Å²) >= 11 is 0. The first-order chi connectivity index (χ1) is 8.55. The van der Waals surface area contributed by atoms with Crippen molar-refractivity contribution in [1.82, 2.24) is 10.2 Å². The van der Waals surface area contributed by atoms with Gasteiger partial charge in [0, 0.05) is 31.7 Å². The number of carbonyl (C=O) groups is 1. The van der Waals surface area contributed by atoms with Crippen LogP contribution in [0.5, 0.6) is 0 Å². The summed E-state index contributed by atoms with van der Waals surface area (Å²) in [5.41, 5.74) is 2.50. The number of amides is 1. The van der Waals surface area contributed by atoms with Crippen molar-refractivity contribution in [1.29, 1.82) is 0 Å². The van der Waals surface area contributed by atoms with Gasteiger partial charge >= 0.3 is 0 Å². The van der Waals surface area contributed by atoms with Gasteiger partial charge in [-0.25, -0.2) is 0 Å². The molecule has 0 spiro atoms. The molecule has 2 heterocycles. The van der Waals surface area contributed by atoms with E-state index < -0.39 is 5.60 Å². The fourth-order valence-electron chi connectivity index (χ4n) is 2.73. The summed E-state index contributed by atoms with van der Waals surface area (Å²) in [5, 5.41) is 13.2. The van der Waals surface area contributed by atoms with Gasteiger partial charge in [0.05, 0.1) is 5.60 Å². The van der Waals surface area contributed by atoms with Crippen LogP contribution in [0.15, 0.2) is 18.2 Å². The number of β-amino-alcohol motifs (C(OH)–C–C–N with tert-alkyl or cyclic N) is 1. The van der Waals surface area contributed by atoms with Crippen molar-refractivity contribution < 1.29 is 9.90 Å². The van der Waals surface area contributed by atoms with Crippen LogP contribution in [0.2, 0.25) is 0 Å². The van der Waals surface area contributed by atoms with E-state index in [1.807, 2.05) is 18.2 Å². The van der Waals surface area contributed by atoms with Gasteiger partial charge in [-0.15, -0.1) is 0 Å². The molecule has 0 radical (unpaired) electrons. The molecular weight excluding hydrogens is 228 g/mol. The van der Waals surface area contributed by atoms with Crippen LogP contribution in [0.3, 0.4) is 0 Å². The Morgan fingerprint density at radius 3 is 2.89 bits per heavy atom. The third-order valence-electron chi connectivity index (χ3n) is 3.82. The standard InChI is InChI=1S/C14H18N2O2/c1-14(18)4-5-16(9-14)13(17)10-2-3-11-7-15-8-12(11)6-10/h2-3,6,15,18H,4-5,7-9H2,1H3. The Bertz CT molecular complexity index is 497. The first-order valence-electron chi connectivity index (χ1n) is 6.39. The first kappa shape index (κ1) is 11.7. The lowest BCUT2D eigenvalue weighted by Crippen LogP contribution is -2.33. The highest BCUT2D eigenvalue weighted by atomic mass is 16.3. The summed E-state index contributed by atoms with van der Waals surface area (Å²) in [4.78, 5) is 14.1. The summed E-state index contributed by atoms with van der Waals surface area (Å²) in [6, 6.07) is 5.89. The fourth-order valence-corrected chi connectivity index (χ4v) is 2.73. The van der Waals surface area contributed by atoms with Gasteiger partial charge in [-0.2, -0.15) is 0 Å². The molecule has 1 amide bonds. The SMILES string of the molecule is CC1(O)CCN(C(=O)c2ccc3c(c2)CNC3)C1. The molecule has 3 rings (SSSR count). The smallest absolute Gasteiger partial charge is 0.253 e. The Morgan fingerprint density at radius 1 is 1.39 bits per heavy atom. The highest BCUT2D eigenvalue weighted by Crippen LogP contribution is 2.23. The van der Waals surface area contributed by atoms with Crippen LogP contribution in [-0.2, 0) is 13.1 Å². The van der Waals surface area contributed by atoms with E-state index in [1.165, 1.54) is 11.1 Å². The summed E-state index contributed by atoms with van der Waals surface area (Å²) in [5.74, 6) is 0.0301. The minimum Gasteiger partial charge on any atom is -0.388 e. The summed E-state index contributed by atoms with van der Waals surface area (Å²) in [6.07, 6.45) is 0.658. The maximum atomic E-state index is 12.3. The van der Waals surface area contributed by atoms with Gasteiger partial charge in [0.15, 0.2) is 0 Å². The molecular formula is C14H18N2O2. The zero-order valence-corrected chi connectivity index (χ0v) is 10.6. The average molecular weight is 246 g/mol. The largest absolute Gasteiger partial charge is 0.388 e. The molecule has 18 heavy (non-hydrogen) atoms. The Morgan fingerprint density at radius 2 is 2.17 bits per heavy atom. The third-order valence-corrected chi connectivity index (χ3v) is 3.82. The van der Waals surface area contributed by atoms with Gasteiger partial charge in [-0.1, -0.05) is 6.07 Å². The maximum Gasteiger partial charge on any atom is 0.253 e. The molecule has 0 saturated carbocycles. The minimum atomic E-state index is -0.728. The predicted octanol–water partition coefficient (Wildman–Crippen LogP) is 0.887. The Labute approximate surface area is 107 Å². The molecule has 1 atom stereocenters. The molecule has 0 aromatic heterocycles. The summed E-state index contributed by atoms with van der Waals surface area (Å²) in [7, 11) is 0. The third kappa shape index (κ3) is 2.02. The van der Waals surface area contributed by atoms with Crippen molar-refractivity contribution in [2.45, 2.75) is 32.0 Å². The summed E-state index contributed by atoms with van der Waals surface area (Å²) in [6.45, 7) is 4.59. The second-order valence-electron chi connectivity index (χ2n) is 5.56. The molecule has 2 N–H and O–H groups in total. The highest BCUT2D eigenvalue weighted by molar-refractivity contribution is 5.94. The second-order valence-corrected chi connectivity index (χ2v) is 5.56. The molecule has 0 aliphatic carbocycles. The normalized spacial score (nSPS) is 26.4. The second kappa shape index (κ2) is 4.07. The van der Waals surface area contributed by atoms with E-state index in [9.17, 15) is 9.90 Å². The number of hydrogen-bond acceptors (Lipinski definition) is 3. The number of nitrogens with one attached hydrogen (secondary N) is 1. The van der Waals surface area contributed by atoms with Crippen LogP contribution >= 0.6 is 0 Å². The predicted molar refractivity (Wildman–Crippen MR) is 68.1 cm³/mol. The van der Waals surface area contributed by atoms with Crippen LogP contribution in [0.25, 0.3) is 0 Å². The van der Waals surface area contributed by atoms with Crippen molar-refractivity contribution in [3.63, 3.8) is 0 Å². The topological polar surface area (TPSA) is 52.6 Å². The highest BCUT2D eigenvalue weighted by Gasteiger charge is 2.34. The van der Waals surface area contributed by atoms with Crippen LogP contribution in [0.4, 0.5) is 0 Å². The van der Waals surface area contributed by atoms with E-state index in [4.69, 9.17) is 0 Å². The Kier molecular flexibility index (Phi) is 2.64. The molecule has 4 nitrogen and oxygen atoms in total. The van der Waals surface area contributed by atoms with E-state index in [2.05, 4.69) is 5.32 Å². The number of hydrogen-bond donors (Lipinski definition) is 2. The number of nitrogens with zero attached hydrogens (tertiary/aromatic N) is 1. The van der Waals surface area contributed by atoms with Crippen LogP contribution in [-0.4, -0.2) is 34.6 Å². The zero-order chi connectivity index (χ0) is 12.8. The fraction of sp³-hybridized carbons (Fsp3) is 0.500. The lowest BCUT2D eigenvalue weighted by Gasteiger charge is -2.19. The van der Waals surface area contributed by atoms with Crippen LogP contribution in [0, 0.1) is 0 Å². The number of carbonyl (C=O) groups excluding carboxylic acids is 1. The molecule has 1 aromatic rings. The van der Waals surface area contributed by atoms with Crippen molar-refractivity contribution in [2.75, 3.05) is 13.1 Å². The van der Waals surface area contributed by atoms with Gasteiger partial charge in [0.1, 0.15) is 0 Å². The van der Waals surface area contributed by atoms with Crippen molar-refractivity contribution in [3.05, 3.63) is 34.9 Å². The minimum absolute atomic E-state index is 0.0301. The van der Waals surface area contributed by atoms with Gasteiger partial charge in [0.25, 0.3) is 5.91 Å². The van der Waals surface area contributed by atoms with Crippen LogP contribution < -0.4 is 5.32 Å². The van der Waals surface area contributed by atoms with E-state index in [0.29, 0.717) is 19.5 Å². The molecule has 1 saturated heterocycles. The number of benzene rings is 1. The molecule has 96 valence electrons. The van der Waals surface area contributed by atoms with Crippen molar-refractivity contribution in [2.24, 2.45) is 0 Å². The van der Waals surface area contributed by atoms with Gasteiger partial charge in [-0.05, 0) is 36.6 Å².